The zero-order valence-corrected chi connectivity index (χ0v) is 41.1. The van der Waals surface area contributed by atoms with Crippen molar-refractivity contribution in [2.24, 2.45) is 0 Å². The molecule has 0 radical (unpaired) electrons. The minimum atomic E-state index is -4.38. The lowest BCUT2D eigenvalue weighted by atomic mass is 10.1. The standard InChI is InChI=1S/C12H10F3NO.C11H12N2O2.C11H11NO2.C10H8ClNO.C10H9NO/c1-7-6-10(17-2)8-4-3-5-9(11(8)16-7)12(13,14)15;1-14-7-3-4-8-9(5-7)13-11(12)6-10(8)15-2;1-13-8-3-4-9-10(7-8)12-6-5-11(9)14-2;1-13-10-4-5-12-9-6-7(11)2-3-8(9)10;1-12-10-6-7-11-9-5-3-2-4-8(9)10/h3-6H,1-2H3;3-6H,1-2H3,(H2,12,13);3-7H,1-2H3;2-6H,1H3;2-7H,1H3/p+5. The molecule has 0 bridgehead atoms. The van der Waals surface area contributed by atoms with Crippen molar-refractivity contribution in [2.75, 3.05) is 55.5 Å². The molecule has 0 atom stereocenters. The number of nitrogens with two attached hydrogens (primary N) is 1. The van der Waals surface area contributed by atoms with Crippen molar-refractivity contribution in [2.45, 2.75) is 13.1 Å². The van der Waals surface area contributed by atoms with Crippen molar-refractivity contribution in [3.05, 3.63) is 162 Å². The van der Waals surface area contributed by atoms with Gasteiger partial charge >= 0.3 is 6.18 Å². The first kappa shape index (κ1) is 52.0. The molecule has 7 N–H and O–H groups in total. The van der Waals surface area contributed by atoms with Crippen LogP contribution in [-0.4, -0.2) is 49.8 Å². The van der Waals surface area contributed by atoms with Crippen molar-refractivity contribution in [1.82, 2.24) is 0 Å². The molecule has 13 nitrogen and oxygen atoms in total. The van der Waals surface area contributed by atoms with E-state index in [1.54, 1.807) is 67.8 Å². The summed E-state index contributed by atoms with van der Waals surface area (Å²) in [5.41, 5.74) is 9.67. The van der Waals surface area contributed by atoms with E-state index in [0.717, 1.165) is 89.2 Å². The van der Waals surface area contributed by atoms with Crippen molar-refractivity contribution in [3.8, 4) is 40.2 Å². The Balaban J connectivity index is 0.000000146. The number of aromatic nitrogens is 5. The van der Waals surface area contributed by atoms with Crippen molar-refractivity contribution in [3.63, 3.8) is 0 Å². The summed E-state index contributed by atoms with van der Waals surface area (Å²) in [4.78, 5) is 15.2. The maximum atomic E-state index is 12.8. The van der Waals surface area contributed by atoms with Crippen LogP contribution in [0.25, 0.3) is 54.5 Å². The van der Waals surface area contributed by atoms with E-state index >= 15 is 0 Å². The van der Waals surface area contributed by atoms with E-state index in [9.17, 15) is 13.2 Å². The molecule has 0 aliphatic carbocycles. The first-order valence-corrected chi connectivity index (χ1v) is 22.1. The van der Waals surface area contributed by atoms with Gasteiger partial charge < -0.3 is 33.2 Å². The minimum Gasteiger partial charge on any atom is -0.497 e. The number of alkyl halides is 3. The smallest absolute Gasteiger partial charge is 0.422 e. The first-order valence-electron chi connectivity index (χ1n) is 21.8. The average molecular weight is 993 g/mol. The number of para-hydroxylation sites is 2. The van der Waals surface area contributed by atoms with Crippen LogP contribution in [0.2, 0.25) is 5.02 Å². The Morgan fingerprint density at radius 1 is 0.437 bits per heavy atom. The third kappa shape index (κ3) is 13.0. The molecule has 5 aromatic heterocycles. The molecule has 0 spiro atoms. The number of H-pyrrole nitrogens is 5. The summed E-state index contributed by atoms with van der Waals surface area (Å²) < 4.78 is 74.7. The van der Waals surface area contributed by atoms with Crippen LogP contribution in [-0.2, 0) is 6.18 Å². The molecule has 0 aliphatic rings. The van der Waals surface area contributed by atoms with Crippen LogP contribution in [0, 0.1) is 6.92 Å². The summed E-state index contributed by atoms with van der Waals surface area (Å²) in [6.45, 7) is 1.69. The fraction of sp³-hybridized carbons (Fsp3) is 0.167. The number of hydrogen-bond donors (Lipinski definition) is 1. The third-order valence-electron chi connectivity index (χ3n) is 10.8. The lowest BCUT2D eigenvalue weighted by molar-refractivity contribution is -0.357. The molecule has 0 amide bonds. The lowest BCUT2D eigenvalue weighted by Crippen LogP contribution is -2.16. The molecule has 0 unspecified atom stereocenters. The van der Waals surface area contributed by atoms with Crippen LogP contribution in [0.3, 0.4) is 0 Å². The number of nitrogens with one attached hydrogen (secondary N) is 5. The Kier molecular flexibility index (Phi) is 17.8. The SMILES string of the molecule is COc1cc(C)[nH+]c2c(C(F)(F)F)cccc12.COc1cc[nH+]c2cc(Cl)ccc12.COc1cc[nH+]c2ccccc12.COc1ccc2c(OC)cc(N)[nH+]c2c1.COc1ccc2c(OC)cc[nH+]c2c1. The molecule has 366 valence electrons. The second-order valence-corrected chi connectivity index (χ2v) is 15.7. The van der Waals surface area contributed by atoms with Gasteiger partial charge in [0.2, 0.25) is 22.1 Å². The van der Waals surface area contributed by atoms with Crippen LogP contribution < -0.4 is 63.8 Å². The normalized spacial score (nSPS) is 10.6. The Hall–Kier alpha value is -8.37. The summed E-state index contributed by atoms with van der Waals surface area (Å²) in [7, 11) is 11.4. The number of pyridine rings is 5. The quantitative estimate of drug-likeness (QED) is 0.165. The van der Waals surface area contributed by atoms with Gasteiger partial charge in [0.15, 0.2) is 24.3 Å². The van der Waals surface area contributed by atoms with Crippen LogP contribution in [0.1, 0.15) is 11.3 Å². The van der Waals surface area contributed by atoms with E-state index in [4.69, 9.17) is 50.5 Å². The summed E-state index contributed by atoms with van der Waals surface area (Å²) in [5, 5.41) is 5.32. The van der Waals surface area contributed by atoms with Gasteiger partial charge in [0.1, 0.15) is 51.3 Å². The maximum Gasteiger partial charge on any atom is 0.422 e. The number of fused-ring (bicyclic) bond motifs is 5. The number of aromatic amines is 5. The first-order chi connectivity index (χ1) is 34.2. The summed E-state index contributed by atoms with van der Waals surface area (Å²) in [5.74, 6) is 5.99. The number of benzene rings is 5. The Morgan fingerprint density at radius 2 is 0.901 bits per heavy atom. The second kappa shape index (κ2) is 24.3. The van der Waals surface area contributed by atoms with Crippen LogP contribution >= 0.6 is 11.6 Å². The molecule has 10 rings (SSSR count). The van der Waals surface area contributed by atoms with Gasteiger partial charge in [-0.05, 0) is 54.6 Å². The number of halogens is 4. The third-order valence-corrected chi connectivity index (χ3v) is 11.0. The zero-order chi connectivity index (χ0) is 51.1. The number of hydrogen-bond acceptors (Lipinski definition) is 8. The minimum absolute atomic E-state index is 0.0526. The van der Waals surface area contributed by atoms with Gasteiger partial charge in [0.25, 0.3) is 5.82 Å². The monoisotopic (exact) mass is 991 g/mol. The molecule has 71 heavy (non-hydrogen) atoms. The second-order valence-electron chi connectivity index (χ2n) is 15.2. The highest BCUT2D eigenvalue weighted by molar-refractivity contribution is 6.31. The molecule has 5 aromatic carbocycles. The summed E-state index contributed by atoms with van der Waals surface area (Å²) >= 11 is 5.85. The summed E-state index contributed by atoms with van der Waals surface area (Å²) in [6.07, 6.45) is 1.17. The molecule has 0 fully saturated rings. The highest BCUT2D eigenvalue weighted by atomic mass is 35.5. The summed E-state index contributed by atoms with van der Waals surface area (Å²) in [6, 6.07) is 38.4. The largest absolute Gasteiger partial charge is 0.497 e. The lowest BCUT2D eigenvalue weighted by Gasteiger charge is -2.08. The topological polar surface area (TPSA) is 161 Å². The fourth-order valence-corrected chi connectivity index (χ4v) is 7.61. The van der Waals surface area contributed by atoms with Crippen molar-refractivity contribution in [1.29, 1.82) is 0 Å². The number of rotatable bonds is 7. The van der Waals surface area contributed by atoms with Crippen molar-refractivity contribution < 1.29 is 71.2 Å². The number of nitrogen functional groups attached to an aromatic ring is 1. The van der Waals surface area contributed by atoms with Crippen LogP contribution in [0.4, 0.5) is 19.0 Å². The van der Waals surface area contributed by atoms with Gasteiger partial charge in [-0.15, -0.1) is 0 Å². The Morgan fingerprint density at radius 3 is 1.45 bits per heavy atom. The predicted molar refractivity (Wildman–Crippen MR) is 268 cm³/mol. The van der Waals surface area contributed by atoms with Gasteiger partial charge in [-0.3, -0.25) is 5.73 Å². The van der Waals surface area contributed by atoms with E-state index in [-0.39, 0.29) is 5.52 Å². The Bertz CT molecular complexity index is 3400. The fourth-order valence-electron chi connectivity index (χ4n) is 7.44. The van der Waals surface area contributed by atoms with Crippen LogP contribution in [0.5, 0.6) is 40.2 Å². The van der Waals surface area contributed by atoms with Crippen LogP contribution in [0.15, 0.2) is 146 Å². The molecule has 0 aliphatic heterocycles. The average Bonchev–Trinajstić information content (AvgIpc) is 3.39. The van der Waals surface area contributed by atoms with E-state index in [1.807, 2.05) is 116 Å². The Labute approximate surface area is 412 Å². The predicted octanol–water partition coefficient (Wildman–Crippen LogP) is 9.89. The van der Waals surface area contributed by atoms with Gasteiger partial charge in [0, 0.05) is 54.4 Å². The van der Waals surface area contributed by atoms with E-state index in [1.165, 1.54) is 13.2 Å². The van der Waals surface area contributed by atoms with Gasteiger partial charge in [-0.25, -0.2) is 24.9 Å². The molecular formula is C54H55ClF3N6O7+5. The van der Waals surface area contributed by atoms with E-state index < -0.39 is 11.7 Å². The number of methoxy groups -OCH3 is 7. The number of anilines is 1. The molecule has 0 saturated carbocycles. The van der Waals surface area contributed by atoms with Gasteiger partial charge in [0.05, 0.1) is 88.8 Å². The number of ether oxygens (including phenoxy) is 7. The zero-order valence-electron chi connectivity index (χ0n) is 40.3. The van der Waals surface area contributed by atoms with Gasteiger partial charge in [-0.2, -0.15) is 13.2 Å². The molecular weight excluding hydrogens is 937 g/mol. The van der Waals surface area contributed by atoms with Crippen molar-refractivity contribution >= 4 is 71.9 Å². The highest BCUT2D eigenvalue weighted by Gasteiger charge is 2.36. The molecule has 0 saturated heterocycles. The highest BCUT2D eigenvalue weighted by Crippen LogP contribution is 2.36. The molecule has 10 aromatic rings. The number of aryl methyl sites for hydroxylation is 1. The molecule has 5 heterocycles. The van der Waals surface area contributed by atoms with Gasteiger partial charge in [-0.1, -0.05) is 29.8 Å². The molecule has 17 heteroatoms. The maximum absolute atomic E-state index is 12.8. The van der Waals surface area contributed by atoms with E-state index in [0.29, 0.717) is 22.6 Å². The van der Waals surface area contributed by atoms with E-state index in [2.05, 4.69) is 24.9 Å².